The predicted molar refractivity (Wildman–Crippen MR) is 113 cm³/mol. The molecule has 1 aliphatic heterocycles. The number of esters is 1. The fourth-order valence-electron chi connectivity index (χ4n) is 3.65. The molecule has 0 spiro atoms. The van der Waals surface area contributed by atoms with Crippen LogP contribution in [0, 0.1) is 5.92 Å². The maximum atomic E-state index is 12.7. The van der Waals surface area contributed by atoms with Crippen molar-refractivity contribution in [3.8, 4) is 0 Å². The number of rotatable bonds is 8. The number of hydrogen-bond donors (Lipinski definition) is 0. The van der Waals surface area contributed by atoms with Crippen molar-refractivity contribution in [3.05, 3.63) is 29.8 Å². The van der Waals surface area contributed by atoms with E-state index < -0.39 is 0 Å². The van der Waals surface area contributed by atoms with E-state index in [0.717, 1.165) is 31.6 Å². The summed E-state index contributed by atoms with van der Waals surface area (Å²) in [5.41, 5.74) is 1.63. The van der Waals surface area contributed by atoms with Gasteiger partial charge in [0, 0.05) is 44.5 Å². The smallest absolute Gasteiger partial charge is 0.310 e. The highest BCUT2D eigenvalue weighted by Crippen LogP contribution is 2.19. The predicted octanol–water partition coefficient (Wildman–Crippen LogP) is 2.41. The fraction of sp³-hybridized carbons (Fsp3) is 0.591. The number of carbonyl (C=O) groups is 3. The van der Waals surface area contributed by atoms with Crippen molar-refractivity contribution >= 4 is 23.5 Å². The Labute approximate surface area is 173 Å². The lowest BCUT2D eigenvalue weighted by Gasteiger charge is -2.32. The first-order chi connectivity index (χ1) is 13.9. The van der Waals surface area contributed by atoms with Crippen LogP contribution in [0.1, 0.15) is 44.0 Å². The first-order valence-corrected chi connectivity index (χ1v) is 10.5. The quantitative estimate of drug-likeness (QED) is 0.624. The summed E-state index contributed by atoms with van der Waals surface area (Å²) in [6.45, 7) is 9.07. The summed E-state index contributed by atoms with van der Waals surface area (Å²) in [5.74, 6) is -0.859. The lowest BCUT2D eigenvalue weighted by atomic mass is 9.98. The first kappa shape index (κ1) is 22.7. The molecule has 0 radical (unpaired) electrons. The molecule has 1 aromatic rings. The van der Waals surface area contributed by atoms with E-state index in [-0.39, 0.29) is 30.2 Å². The number of benzene rings is 1. The van der Waals surface area contributed by atoms with Gasteiger partial charge in [-0.05, 0) is 57.9 Å². The van der Waals surface area contributed by atoms with Crippen LogP contribution in [-0.2, 0) is 14.3 Å². The Morgan fingerprint density at radius 1 is 1.10 bits per heavy atom. The van der Waals surface area contributed by atoms with Crippen LogP contribution in [0.4, 0.5) is 5.69 Å². The van der Waals surface area contributed by atoms with Gasteiger partial charge < -0.3 is 19.4 Å². The Balaban J connectivity index is 1.94. The minimum Gasteiger partial charge on any atom is -0.466 e. The number of ether oxygens (including phenoxy) is 1. The third-order valence-electron chi connectivity index (χ3n) is 5.36. The fourth-order valence-corrected chi connectivity index (χ4v) is 3.65. The van der Waals surface area contributed by atoms with E-state index >= 15 is 0 Å². The molecular weight excluding hydrogens is 370 g/mol. The van der Waals surface area contributed by atoms with Crippen molar-refractivity contribution < 1.29 is 19.1 Å². The number of amides is 2. The van der Waals surface area contributed by atoms with Crippen LogP contribution in [0.5, 0.6) is 0 Å². The Hall–Kier alpha value is -2.57. The van der Waals surface area contributed by atoms with E-state index in [0.29, 0.717) is 25.3 Å². The van der Waals surface area contributed by atoms with Crippen molar-refractivity contribution in [2.24, 2.45) is 5.92 Å². The maximum Gasteiger partial charge on any atom is 0.310 e. The van der Waals surface area contributed by atoms with Crippen molar-refractivity contribution in [2.45, 2.75) is 33.6 Å². The lowest BCUT2D eigenvalue weighted by Crippen LogP contribution is -2.47. The number of likely N-dealkylation sites (tertiary alicyclic amines) is 1. The topological polar surface area (TPSA) is 70.2 Å². The van der Waals surface area contributed by atoms with Gasteiger partial charge in [0.2, 0.25) is 5.91 Å². The molecule has 0 aromatic heterocycles. The molecule has 1 unspecified atom stereocenters. The molecule has 1 atom stereocenters. The van der Waals surface area contributed by atoms with Gasteiger partial charge in [0.25, 0.3) is 5.91 Å². The third kappa shape index (κ3) is 5.95. The highest BCUT2D eigenvalue weighted by Gasteiger charge is 2.30. The highest BCUT2D eigenvalue weighted by atomic mass is 16.5. The van der Waals surface area contributed by atoms with Gasteiger partial charge in [0.1, 0.15) is 0 Å². The van der Waals surface area contributed by atoms with Gasteiger partial charge in [-0.3, -0.25) is 14.4 Å². The second kappa shape index (κ2) is 10.8. The molecule has 1 heterocycles. The van der Waals surface area contributed by atoms with Crippen LogP contribution in [-0.4, -0.2) is 74.0 Å². The molecule has 160 valence electrons. The van der Waals surface area contributed by atoms with Crippen LogP contribution in [0.3, 0.4) is 0 Å². The summed E-state index contributed by atoms with van der Waals surface area (Å²) < 4.78 is 5.08. The Morgan fingerprint density at radius 3 is 2.34 bits per heavy atom. The van der Waals surface area contributed by atoms with Crippen molar-refractivity contribution in [1.29, 1.82) is 0 Å². The van der Waals surface area contributed by atoms with Gasteiger partial charge in [0.05, 0.1) is 19.1 Å². The standard InChI is InChI=1S/C22H33N3O4/c1-5-24(6-2)19-12-10-17(11-13-19)21(27)23(4)16-20(26)25-14-8-9-18(15-25)22(28)29-7-3/h10-13,18H,5-9,14-16H2,1-4H3. The molecule has 29 heavy (non-hydrogen) atoms. The zero-order valence-corrected chi connectivity index (χ0v) is 18.0. The van der Waals surface area contributed by atoms with Gasteiger partial charge in [-0.2, -0.15) is 0 Å². The van der Waals surface area contributed by atoms with Crippen LogP contribution in [0.15, 0.2) is 24.3 Å². The number of hydrogen-bond acceptors (Lipinski definition) is 5. The van der Waals surface area contributed by atoms with Gasteiger partial charge in [-0.1, -0.05) is 0 Å². The summed E-state index contributed by atoms with van der Waals surface area (Å²) >= 11 is 0. The normalized spacial score (nSPS) is 16.3. The minimum absolute atomic E-state index is 0.00776. The number of carbonyl (C=O) groups excluding carboxylic acids is 3. The van der Waals surface area contributed by atoms with Crippen molar-refractivity contribution in [2.75, 3.05) is 51.3 Å². The summed E-state index contributed by atoms with van der Waals surface area (Å²) in [6, 6.07) is 7.47. The monoisotopic (exact) mass is 403 g/mol. The number of piperidine rings is 1. The van der Waals surface area contributed by atoms with Gasteiger partial charge in [0.15, 0.2) is 0 Å². The van der Waals surface area contributed by atoms with E-state index in [1.54, 1.807) is 31.0 Å². The maximum absolute atomic E-state index is 12.7. The summed E-state index contributed by atoms with van der Waals surface area (Å²) in [6.07, 6.45) is 1.50. The van der Waals surface area contributed by atoms with Gasteiger partial charge in [-0.25, -0.2) is 0 Å². The number of anilines is 1. The van der Waals surface area contributed by atoms with Crippen molar-refractivity contribution in [1.82, 2.24) is 9.80 Å². The average Bonchev–Trinajstić information content (AvgIpc) is 2.74. The summed E-state index contributed by atoms with van der Waals surface area (Å²) in [4.78, 5) is 42.6. The molecule has 0 aliphatic carbocycles. The molecule has 1 saturated heterocycles. The van der Waals surface area contributed by atoms with Crippen LogP contribution in [0.2, 0.25) is 0 Å². The molecule has 7 heteroatoms. The SMILES string of the molecule is CCOC(=O)C1CCCN(C(=O)CN(C)C(=O)c2ccc(N(CC)CC)cc2)C1. The van der Waals surface area contributed by atoms with Crippen LogP contribution >= 0.6 is 0 Å². The minimum atomic E-state index is -0.277. The largest absolute Gasteiger partial charge is 0.466 e. The third-order valence-corrected chi connectivity index (χ3v) is 5.36. The molecule has 2 rings (SSSR count). The van der Waals surface area contributed by atoms with E-state index in [9.17, 15) is 14.4 Å². The zero-order chi connectivity index (χ0) is 21.4. The van der Waals surface area contributed by atoms with Crippen molar-refractivity contribution in [3.63, 3.8) is 0 Å². The number of nitrogens with zero attached hydrogens (tertiary/aromatic N) is 3. The number of likely N-dealkylation sites (N-methyl/N-ethyl adjacent to an activating group) is 1. The Bertz CT molecular complexity index is 701. The van der Waals surface area contributed by atoms with Gasteiger partial charge in [-0.15, -0.1) is 0 Å². The highest BCUT2D eigenvalue weighted by molar-refractivity contribution is 5.96. The average molecular weight is 404 g/mol. The lowest BCUT2D eigenvalue weighted by molar-refractivity contribution is -0.151. The van der Waals surface area contributed by atoms with Crippen LogP contribution < -0.4 is 4.90 Å². The molecule has 0 bridgehead atoms. The molecule has 7 nitrogen and oxygen atoms in total. The Morgan fingerprint density at radius 2 is 1.76 bits per heavy atom. The second-order valence-corrected chi connectivity index (χ2v) is 7.31. The zero-order valence-electron chi connectivity index (χ0n) is 18.0. The molecule has 1 aliphatic rings. The van der Waals surface area contributed by atoms with E-state index in [1.807, 2.05) is 12.1 Å². The summed E-state index contributed by atoms with van der Waals surface area (Å²) in [7, 11) is 1.63. The summed E-state index contributed by atoms with van der Waals surface area (Å²) in [5, 5.41) is 0. The van der Waals surface area contributed by atoms with E-state index in [2.05, 4.69) is 18.7 Å². The Kier molecular flexibility index (Phi) is 8.49. The molecule has 0 N–H and O–H groups in total. The molecule has 1 aromatic carbocycles. The molecule has 2 amide bonds. The van der Waals surface area contributed by atoms with E-state index in [1.165, 1.54) is 4.90 Å². The second-order valence-electron chi connectivity index (χ2n) is 7.31. The molecular formula is C22H33N3O4. The molecule has 1 fully saturated rings. The first-order valence-electron chi connectivity index (χ1n) is 10.5. The molecule has 0 saturated carbocycles. The van der Waals surface area contributed by atoms with E-state index in [4.69, 9.17) is 4.74 Å². The van der Waals surface area contributed by atoms with Crippen LogP contribution in [0.25, 0.3) is 0 Å². The van der Waals surface area contributed by atoms with Gasteiger partial charge >= 0.3 is 5.97 Å².